The Morgan fingerprint density at radius 1 is 1.46 bits per heavy atom. The molecule has 1 heterocycles. The van der Waals surface area contributed by atoms with Gasteiger partial charge in [-0.2, -0.15) is 0 Å². The molecule has 0 aromatic rings. The van der Waals surface area contributed by atoms with Crippen molar-refractivity contribution in [3.63, 3.8) is 0 Å². The fourth-order valence-electron chi connectivity index (χ4n) is 1.55. The summed E-state index contributed by atoms with van der Waals surface area (Å²) in [5.41, 5.74) is 2.42. The monoisotopic (exact) mass is 213 g/mol. The van der Waals surface area contributed by atoms with Gasteiger partial charge in [-0.1, -0.05) is 23.2 Å². The summed E-state index contributed by atoms with van der Waals surface area (Å²) in [5, 5.41) is 1.36. The van der Waals surface area contributed by atoms with Gasteiger partial charge in [-0.05, 0) is 30.2 Å². The van der Waals surface area contributed by atoms with E-state index in [0.29, 0.717) is 10.1 Å². The van der Waals surface area contributed by atoms with Gasteiger partial charge in [0.2, 0.25) is 0 Å². The Bertz CT molecular complexity index is 361. The second-order valence-corrected chi connectivity index (χ2v) is 4.08. The highest BCUT2D eigenvalue weighted by atomic mass is 35.5. The van der Waals surface area contributed by atoms with E-state index in [1.165, 1.54) is 11.1 Å². The zero-order valence-corrected chi connectivity index (χ0v) is 8.73. The van der Waals surface area contributed by atoms with Crippen molar-refractivity contribution >= 4 is 29.4 Å². The van der Waals surface area contributed by atoms with Gasteiger partial charge in [0.25, 0.3) is 0 Å². The molecule has 0 saturated heterocycles. The third-order valence-corrected chi connectivity index (χ3v) is 3.11. The molecule has 3 heteroatoms. The number of hydrogen-bond donors (Lipinski definition) is 0. The third kappa shape index (κ3) is 1.59. The predicted octanol–water partition coefficient (Wildman–Crippen LogP) is 3.41. The number of hydrogen-bond acceptors (Lipinski definition) is 1. The van der Waals surface area contributed by atoms with E-state index < -0.39 is 0 Å². The Kier molecular flexibility index (Phi) is 2.31. The lowest BCUT2D eigenvalue weighted by Gasteiger charge is -2.23. The molecule has 1 nitrogen and oxygen atoms in total. The summed E-state index contributed by atoms with van der Waals surface area (Å²) in [6.07, 6.45) is 6.47. The van der Waals surface area contributed by atoms with Crippen LogP contribution in [0.15, 0.2) is 38.4 Å². The molecule has 1 atom stereocenters. The molecule has 1 unspecified atom stereocenters. The second-order valence-electron chi connectivity index (χ2n) is 3.22. The molecule has 0 radical (unpaired) electrons. The van der Waals surface area contributed by atoms with Crippen molar-refractivity contribution in [3.8, 4) is 0 Å². The lowest BCUT2D eigenvalue weighted by atomic mass is 9.91. The fraction of sp³-hybridized carbons (Fsp3) is 0.300. The average molecular weight is 214 g/mol. The molecule has 2 aliphatic rings. The first-order chi connectivity index (χ1) is 6.18. The zero-order chi connectivity index (χ0) is 9.42. The molecule has 68 valence electrons. The highest BCUT2D eigenvalue weighted by Gasteiger charge is 2.23. The van der Waals surface area contributed by atoms with Gasteiger partial charge in [0.15, 0.2) is 0 Å². The number of rotatable bonds is 0. The van der Waals surface area contributed by atoms with Crippen LogP contribution in [0.4, 0.5) is 0 Å². The Balaban J connectivity index is 2.44. The Morgan fingerprint density at radius 3 is 3.00 bits per heavy atom. The predicted molar refractivity (Wildman–Crippen MR) is 57.5 cm³/mol. The molecule has 0 fully saturated rings. The molecule has 0 aromatic carbocycles. The first kappa shape index (κ1) is 9.04. The van der Waals surface area contributed by atoms with Gasteiger partial charge < -0.3 is 0 Å². The summed E-state index contributed by atoms with van der Waals surface area (Å²) >= 11 is 11.9. The van der Waals surface area contributed by atoms with Crippen LogP contribution in [0, 0.1) is 0 Å². The van der Waals surface area contributed by atoms with Crippen LogP contribution in [0.1, 0.15) is 13.3 Å². The highest BCUT2D eigenvalue weighted by molar-refractivity contribution is 6.40. The van der Waals surface area contributed by atoms with Crippen LogP contribution in [0.25, 0.3) is 0 Å². The van der Waals surface area contributed by atoms with Crippen LogP contribution in [0.2, 0.25) is 0 Å². The SMILES string of the molecule is CC1=CC=NC2CC(Cl)=C(Cl)C=C12. The fourth-order valence-corrected chi connectivity index (χ4v) is 1.95. The molecule has 1 aliphatic carbocycles. The van der Waals surface area contributed by atoms with Gasteiger partial charge in [0.05, 0.1) is 11.1 Å². The molecule has 0 aromatic heterocycles. The van der Waals surface area contributed by atoms with E-state index >= 15 is 0 Å². The lowest BCUT2D eigenvalue weighted by molar-refractivity contribution is 0.771. The molecule has 0 bridgehead atoms. The number of nitrogens with zero attached hydrogens (tertiary/aromatic N) is 1. The maximum absolute atomic E-state index is 5.94. The average Bonchev–Trinajstić information content (AvgIpc) is 2.09. The first-order valence-corrected chi connectivity index (χ1v) is 4.90. The van der Waals surface area contributed by atoms with Gasteiger partial charge in [0.1, 0.15) is 0 Å². The van der Waals surface area contributed by atoms with Crippen LogP contribution < -0.4 is 0 Å². The summed E-state index contributed by atoms with van der Waals surface area (Å²) in [5.74, 6) is 0. The third-order valence-electron chi connectivity index (χ3n) is 2.32. The summed E-state index contributed by atoms with van der Waals surface area (Å²) < 4.78 is 0. The largest absolute Gasteiger partial charge is 0.285 e. The van der Waals surface area contributed by atoms with Crippen molar-refractivity contribution in [3.05, 3.63) is 33.4 Å². The molecule has 0 N–H and O–H groups in total. The minimum atomic E-state index is 0.181. The number of aliphatic imine (C=N–C) groups is 1. The van der Waals surface area contributed by atoms with Gasteiger partial charge in [-0.25, -0.2) is 0 Å². The van der Waals surface area contributed by atoms with Gasteiger partial charge in [0, 0.05) is 17.7 Å². The van der Waals surface area contributed by atoms with E-state index in [2.05, 4.69) is 11.9 Å². The Hall–Kier alpha value is -0.530. The topological polar surface area (TPSA) is 12.4 Å². The summed E-state index contributed by atoms with van der Waals surface area (Å²) in [4.78, 5) is 4.34. The second kappa shape index (κ2) is 3.32. The number of allylic oxidation sites excluding steroid dienone is 3. The minimum Gasteiger partial charge on any atom is -0.285 e. The maximum Gasteiger partial charge on any atom is 0.0801 e. The van der Waals surface area contributed by atoms with Crippen LogP contribution in [0.5, 0.6) is 0 Å². The lowest BCUT2D eigenvalue weighted by Crippen LogP contribution is -2.16. The number of fused-ring (bicyclic) bond motifs is 1. The van der Waals surface area contributed by atoms with Gasteiger partial charge in [-0.15, -0.1) is 0 Å². The van der Waals surface area contributed by atoms with Crippen molar-refractivity contribution in [2.45, 2.75) is 19.4 Å². The van der Waals surface area contributed by atoms with E-state index in [1.54, 1.807) is 0 Å². The van der Waals surface area contributed by atoms with Crippen molar-refractivity contribution in [2.75, 3.05) is 0 Å². The molecule has 0 amide bonds. The van der Waals surface area contributed by atoms with Crippen molar-refractivity contribution in [1.29, 1.82) is 0 Å². The van der Waals surface area contributed by atoms with E-state index in [4.69, 9.17) is 23.2 Å². The molecular formula is C10H9Cl2N. The standard InChI is InChI=1S/C10H9Cl2N/c1-6-2-3-13-10-5-9(12)8(11)4-7(6)10/h2-4,10H,5H2,1H3. The smallest absolute Gasteiger partial charge is 0.0801 e. The normalized spacial score (nSPS) is 26.8. The van der Waals surface area contributed by atoms with Crippen molar-refractivity contribution in [1.82, 2.24) is 0 Å². The van der Waals surface area contributed by atoms with E-state index in [9.17, 15) is 0 Å². The maximum atomic E-state index is 5.94. The van der Waals surface area contributed by atoms with Crippen LogP contribution in [0.3, 0.4) is 0 Å². The summed E-state index contributed by atoms with van der Waals surface area (Å²) in [7, 11) is 0. The first-order valence-electron chi connectivity index (χ1n) is 4.14. The van der Waals surface area contributed by atoms with Crippen molar-refractivity contribution < 1.29 is 0 Å². The Labute approximate surface area is 87.4 Å². The Morgan fingerprint density at radius 2 is 2.23 bits per heavy atom. The quantitative estimate of drug-likeness (QED) is 0.585. The zero-order valence-electron chi connectivity index (χ0n) is 7.22. The molecular weight excluding hydrogens is 205 g/mol. The summed E-state index contributed by atoms with van der Waals surface area (Å²) in [6, 6.07) is 0.181. The van der Waals surface area contributed by atoms with E-state index in [-0.39, 0.29) is 6.04 Å². The van der Waals surface area contributed by atoms with E-state index in [0.717, 1.165) is 6.42 Å². The van der Waals surface area contributed by atoms with Crippen LogP contribution in [-0.2, 0) is 0 Å². The number of halogens is 2. The van der Waals surface area contributed by atoms with Gasteiger partial charge >= 0.3 is 0 Å². The molecule has 2 rings (SSSR count). The van der Waals surface area contributed by atoms with Crippen LogP contribution in [-0.4, -0.2) is 12.3 Å². The molecule has 13 heavy (non-hydrogen) atoms. The number of dihydropyridines is 1. The molecule has 0 saturated carbocycles. The molecule has 0 spiro atoms. The van der Waals surface area contributed by atoms with E-state index in [1.807, 2.05) is 18.4 Å². The summed E-state index contributed by atoms with van der Waals surface area (Å²) in [6.45, 7) is 2.06. The van der Waals surface area contributed by atoms with Crippen molar-refractivity contribution in [2.24, 2.45) is 4.99 Å². The van der Waals surface area contributed by atoms with Crippen LogP contribution >= 0.6 is 23.2 Å². The minimum absolute atomic E-state index is 0.181. The van der Waals surface area contributed by atoms with Gasteiger partial charge in [-0.3, -0.25) is 4.99 Å². The highest BCUT2D eigenvalue weighted by Crippen LogP contribution is 2.35. The molecule has 1 aliphatic heterocycles.